The van der Waals surface area contributed by atoms with Gasteiger partial charge in [-0.25, -0.2) is 14.8 Å². The predicted molar refractivity (Wildman–Crippen MR) is 65.4 cm³/mol. The highest BCUT2D eigenvalue weighted by molar-refractivity contribution is 7.11. The first-order chi connectivity index (χ1) is 8.15. The molecular weight excluding hydrogens is 238 g/mol. The summed E-state index contributed by atoms with van der Waals surface area (Å²) in [4.78, 5) is 20.0. The minimum Gasteiger partial charge on any atom is -0.477 e. The number of pyridine rings is 1. The molecule has 2 N–H and O–H groups in total. The van der Waals surface area contributed by atoms with Crippen molar-refractivity contribution >= 4 is 23.1 Å². The molecule has 0 saturated heterocycles. The lowest BCUT2D eigenvalue weighted by Gasteiger charge is -2.03. The van der Waals surface area contributed by atoms with E-state index in [1.165, 1.54) is 6.07 Å². The van der Waals surface area contributed by atoms with Gasteiger partial charge >= 0.3 is 5.97 Å². The monoisotopic (exact) mass is 249 g/mol. The van der Waals surface area contributed by atoms with Gasteiger partial charge in [0.2, 0.25) is 0 Å². The Morgan fingerprint density at radius 3 is 3.00 bits per heavy atom. The number of nitrogens with zero attached hydrogens (tertiary/aromatic N) is 2. The van der Waals surface area contributed by atoms with E-state index in [2.05, 4.69) is 15.3 Å². The van der Waals surface area contributed by atoms with E-state index in [9.17, 15) is 4.79 Å². The fourth-order valence-electron chi connectivity index (χ4n) is 1.30. The Morgan fingerprint density at radius 1 is 1.53 bits per heavy atom. The van der Waals surface area contributed by atoms with Crippen LogP contribution in [0.3, 0.4) is 0 Å². The zero-order valence-electron chi connectivity index (χ0n) is 9.17. The molecule has 0 aliphatic rings. The van der Waals surface area contributed by atoms with Crippen molar-refractivity contribution in [3.63, 3.8) is 0 Å². The molecule has 88 valence electrons. The standard InChI is InChI=1S/C11H11N3O2S/c1-7-5-13-10(17-7)6-12-9-4-2-3-8(14-9)11(15)16/h2-5H,6H2,1H3,(H,12,14)(H,15,16). The summed E-state index contributed by atoms with van der Waals surface area (Å²) in [7, 11) is 0. The lowest BCUT2D eigenvalue weighted by molar-refractivity contribution is 0.0690. The largest absolute Gasteiger partial charge is 0.477 e. The van der Waals surface area contributed by atoms with Crippen LogP contribution < -0.4 is 5.32 Å². The third-order valence-corrected chi connectivity index (χ3v) is 2.97. The summed E-state index contributed by atoms with van der Waals surface area (Å²) < 4.78 is 0. The van der Waals surface area contributed by atoms with E-state index in [-0.39, 0.29) is 5.69 Å². The Hall–Kier alpha value is -1.95. The molecule has 0 unspecified atom stereocenters. The zero-order chi connectivity index (χ0) is 12.3. The molecule has 0 aliphatic carbocycles. The van der Waals surface area contributed by atoms with Gasteiger partial charge in [0, 0.05) is 11.1 Å². The summed E-state index contributed by atoms with van der Waals surface area (Å²) in [5, 5.41) is 12.8. The van der Waals surface area contributed by atoms with Gasteiger partial charge in [-0.3, -0.25) is 0 Å². The van der Waals surface area contributed by atoms with E-state index >= 15 is 0 Å². The Kier molecular flexibility index (Phi) is 3.34. The quantitative estimate of drug-likeness (QED) is 0.868. The first-order valence-corrected chi connectivity index (χ1v) is 5.82. The third kappa shape index (κ3) is 3.01. The Balaban J connectivity index is 2.04. The topological polar surface area (TPSA) is 75.1 Å². The van der Waals surface area contributed by atoms with Crippen molar-refractivity contribution in [3.05, 3.63) is 40.0 Å². The number of rotatable bonds is 4. The van der Waals surface area contributed by atoms with E-state index in [1.54, 1.807) is 23.5 Å². The maximum Gasteiger partial charge on any atom is 0.354 e. The average molecular weight is 249 g/mol. The summed E-state index contributed by atoms with van der Waals surface area (Å²) in [6, 6.07) is 4.85. The number of aromatic carboxylic acids is 1. The van der Waals surface area contributed by atoms with E-state index in [0.717, 1.165) is 9.88 Å². The Labute approximate surface area is 102 Å². The van der Waals surface area contributed by atoms with Crippen molar-refractivity contribution in [1.29, 1.82) is 0 Å². The molecule has 0 saturated carbocycles. The maximum absolute atomic E-state index is 10.7. The van der Waals surface area contributed by atoms with Crippen molar-refractivity contribution < 1.29 is 9.90 Å². The summed E-state index contributed by atoms with van der Waals surface area (Å²) in [6.07, 6.45) is 1.81. The highest BCUT2D eigenvalue weighted by Gasteiger charge is 2.05. The first-order valence-electron chi connectivity index (χ1n) is 5.00. The van der Waals surface area contributed by atoms with Crippen LogP contribution in [0.15, 0.2) is 24.4 Å². The molecule has 0 atom stereocenters. The molecule has 0 aliphatic heterocycles. The van der Waals surface area contributed by atoms with Gasteiger partial charge in [-0.2, -0.15) is 0 Å². The summed E-state index contributed by atoms with van der Waals surface area (Å²) in [5.41, 5.74) is 0.0327. The van der Waals surface area contributed by atoms with E-state index in [1.807, 2.05) is 13.1 Å². The Morgan fingerprint density at radius 2 is 2.35 bits per heavy atom. The fourth-order valence-corrected chi connectivity index (χ4v) is 2.03. The number of aryl methyl sites for hydroxylation is 1. The molecule has 0 radical (unpaired) electrons. The van der Waals surface area contributed by atoms with Crippen molar-refractivity contribution in [1.82, 2.24) is 9.97 Å². The van der Waals surface area contributed by atoms with Crippen LogP contribution in [0, 0.1) is 6.92 Å². The number of thiazole rings is 1. The summed E-state index contributed by atoms with van der Waals surface area (Å²) in [6.45, 7) is 2.54. The maximum atomic E-state index is 10.7. The highest BCUT2D eigenvalue weighted by atomic mass is 32.1. The van der Waals surface area contributed by atoms with Crippen molar-refractivity contribution in [2.24, 2.45) is 0 Å². The van der Waals surface area contributed by atoms with Crippen LogP contribution in [0.2, 0.25) is 0 Å². The molecule has 2 aromatic rings. The molecule has 0 spiro atoms. The molecule has 6 heteroatoms. The molecule has 0 bridgehead atoms. The van der Waals surface area contributed by atoms with Crippen LogP contribution in [0.1, 0.15) is 20.4 Å². The fraction of sp³-hybridized carbons (Fsp3) is 0.182. The van der Waals surface area contributed by atoms with Crippen LogP contribution in [-0.4, -0.2) is 21.0 Å². The van der Waals surface area contributed by atoms with Gasteiger partial charge in [0.25, 0.3) is 0 Å². The molecule has 0 fully saturated rings. The second-order valence-electron chi connectivity index (χ2n) is 3.43. The summed E-state index contributed by atoms with van der Waals surface area (Å²) in [5.74, 6) is -0.489. The predicted octanol–water partition coefficient (Wildman–Crippen LogP) is 2.16. The van der Waals surface area contributed by atoms with Gasteiger partial charge in [0.15, 0.2) is 5.69 Å². The van der Waals surface area contributed by atoms with Crippen LogP contribution in [0.5, 0.6) is 0 Å². The first kappa shape index (κ1) is 11.5. The van der Waals surface area contributed by atoms with Crippen LogP contribution >= 0.6 is 11.3 Å². The molecule has 0 aromatic carbocycles. The Bertz CT molecular complexity index is 539. The summed E-state index contributed by atoms with van der Waals surface area (Å²) >= 11 is 1.60. The number of carboxylic acids is 1. The lowest BCUT2D eigenvalue weighted by atomic mass is 10.3. The smallest absolute Gasteiger partial charge is 0.354 e. The number of anilines is 1. The van der Waals surface area contributed by atoms with Crippen LogP contribution in [-0.2, 0) is 6.54 Å². The number of hydrogen-bond donors (Lipinski definition) is 2. The van der Waals surface area contributed by atoms with E-state index in [4.69, 9.17) is 5.11 Å². The number of hydrogen-bond acceptors (Lipinski definition) is 5. The van der Waals surface area contributed by atoms with Crippen molar-refractivity contribution in [2.45, 2.75) is 13.5 Å². The molecular formula is C11H11N3O2S. The minimum absolute atomic E-state index is 0.0327. The molecule has 0 amide bonds. The minimum atomic E-state index is -1.03. The molecule has 17 heavy (non-hydrogen) atoms. The number of carbonyl (C=O) groups is 1. The van der Waals surface area contributed by atoms with Crippen LogP contribution in [0.4, 0.5) is 5.82 Å². The molecule has 2 heterocycles. The second-order valence-corrected chi connectivity index (χ2v) is 4.75. The lowest BCUT2D eigenvalue weighted by Crippen LogP contribution is -2.05. The van der Waals surface area contributed by atoms with Gasteiger partial charge in [-0.15, -0.1) is 11.3 Å². The molecule has 2 rings (SSSR count). The number of nitrogens with one attached hydrogen (secondary N) is 1. The van der Waals surface area contributed by atoms with Gasteiger partial charge in [0.1, 0.15) is 10.8 Å². The van der Waals surface area contributed by atoms with E-state index in [0.29, 0.717) is 12.4 Å². The highest BCUT2D eigenvalue weighted by Crippen LogP contribution is 2.13. The van der Waals surface area contributed by atoms with Crippen molar-refractivity contribution in [2.75, 3.05) is 5.32 Å². The zero-order valence-corrected chi connectivity index (χ0v) is 9.99. The molecule has 2 aromatic heterocycles. The van der Waals surface area contributed by atoms with Gasteiger partial charge in [0.05, 0.1) is 6.54 Å². The van der Waals surface area contributed by atoms with E-state index < -0.39 is 5.97 Å². The second kappa shape index (κ2) is 4.92. The average Bonchev–Trinajstić information content (AvgIpc) is 2.73. The number of aromatic nitrogens is 2. The SMILES string of the molecule is Cc1cnc(CNc2cccc(C(=O)O)n2)s1. The van der Waals surface area contributed by atoms with Gasteiger partial charge in [-0.1, -0.05) is 6.07 Å². The van der Waals surface area contributed by atoms with Gasteiger partial charge < -0.3 is 10.4 Å². The normalized spacial score (nSPS) is 10.2. The molecule has 5 nitrogen and oxygen atoms in total. The third-order valence-electron chi connectivity index (χ3n) is 2.06. The van der Waals surface area contributed by atoms with Crippen molar-refractivity contribution in [3.8, 4) is 0 Å². The van der Waals surface area contributed by atoms with Crippen LogP contribution in [0.25, 0.3) is 0 Å². The van der Waals surface area contributed by atoms with Gasteiger partial charge in [-0.05, 0) is 19.1 Å². The number of carboxylic acid groups (broad SMARTS) is 1.